The van der Waals surface area contributed by atoms with Crippen LogP contribution >= 0.6 is 12.0 Å². The highest BCUT2D eigenvalue weighted by Crippen LogP contribution is 2.23. The molecule has 0 bridgehead atoms. The first-order valence-corrected chi connectivity index (χ1v) is 5.53. The third-order valence-corrected chi connectivity index (χ3v) is 2.75. The van der Waals surface area contributed by atoms with Crippen molar-refractivity contribution in [2.45, 2.75) is 4.90 Å². The number of H-pyrrole nitrogens is 1. The van der Waals surface area contributed by atoms with Crippen LogP contribution in [-0.2, 0) is 9.32 Å². The summed E-state index contributed by atoms with van der Waals surface area (Å²) in [5.41, 5.74) is 1.82. The smallest absolute Gasteiger partial charge is 0.247 e. The average molecular weight is 250 g/mol. The van der Waals surface area contributed by atoms with Crippen LogP contribution in [0, 0.1) is 0 Å². The molecular weight excluding hydrogens is 240 g/mol. The van der Waals surface area contributed by atoms with Crippen molar-refractivity contribution in [3.8, 4) is 11.1 Å². The van der Waals surface area contributed by atoms with Gasteiger partial charge in [0, 0.05) is 17.2 Å². The number of aromatic amines is 1. The molecule has 1 aromatic heterocycles. The number of hydrogen-bond donors (Lipinski definition) is 2. The van der Waals surface area contributed by atoms with E-state index in [1.807, 2.05) is 24.3 Å². The van der Waals surface area contributed by atoms with Crippen molar-refractivity contribution in [1.82, 2.24) is 4.98 Å². The Morgan fingerprint density at radius 1 is 1.06 bits per heavy atom. The highest BCUT2D eigenvalue weighted by atomic mass is 32.2. The third kappa shape index (κ3) is 3.18. The zero-order chi connectivity index (χ0) is 12.1. The van der Waals surface area contributed by atoms with Crippen LogP contribution in [0.5, 0.6) is 0 Å². The maximum absolute atomic E-state index is 10.9. The van der Waals surface area contributed by atoms with Gasteiger partial charge in [-0.1, -0.05) is 12.1 Å². The molecule has 0 atom stereocenters. The monoisotopic (exact) mass is 250 g/mol. The fourth-order valence-corrected chi connectivity index (χ4v) is 1.72. The van der Waals surface area contributed by atoms with Crippen LogP contribution in [-0.4, -0.2) is 4.98 Å². The molecule has 0 saturated heterocycles. The number of nitrogens with two attached hydrogens (primary N) is 1. The Balaban J connectivity index is 2.17. The van der Waals surface area contributed by atoms with E-state index in [9.17, 15) is 4.79 Å². The predicted molar refractivity (Wildman–Crippen MR) is 64.7 cm³/mol. The van der Waals surface area contributed by atoms with Crippen molar-refractivity contribution < 1.29 is 9.32 Å². The number of nitrogens with one attached hydrogen (secondary N) is 1. The molecule has 1 aromatic carbocycles. The van der Waals surface area contributed by atoms with Crippen molar-refractivity contribution in [2.75, 3.05) is 0 Å². The Morgan fingerprint density at radius 3 is 2.35 bits per heavy atom. The van der Waals surface area contributed by atoms with E-state index < -0.39 is 0 Å². The molecule has 2 aromatic rings. The van der Waals surface area contributed by atoms with Crippen LogP contribution in [0.25, 0.3) is 11.1 Å². The summed E-state index contributed by atoms with van der Waals surface area (Å²) in [5.74, 6) is 4.73. The Hall–Kier alpha value is -1.60. The van der Waals surface area contributed by atoms with Crippen LogP contribution in [0.1, 0.15) is 0 Å². The van der Waals surface area contributed by atoms with Gasteiger partial charge in [0.1, 0.15) is 0 Å². The minimum atomic E-state index is -0.116. The van der Waals surface area contributed by atoms with Crippen LogP contribution in [0.4, 0.5) is 0 Å². The summed E-state index contributed by atoms with van der Waals surface area (Å²) < 4.78 is 4.53. The van der Waals surface area contributed by atoms with E-state index in [0.29, 0.717) is 0 Å². The highest BCUT2D eigenvalue weighted by molar-refractivity contribution is 7.94. The largest absolute Gasteiger partial charge is 0.328 e. The molecule has 1 heterocycles. The number of rotatable bonds is 4. The molecule has 3 N–H and O–H groups in total. The van der Waals surface area contributed by atoms with Gasteiger partial charge in [0.05, 0.1) is 12.0 Å². The molecule has 6 heteroatoms. The molecular formula is C11H10N2O3S. The Labute approximate surface area is 102 Å². The molecule has 0 spiro atoms. The van der Waals surface area contributed by atoms with Crippen molar-refractivity contribution in [1.29, 1.82) is 0 Å². The lowest BCUT2D eigenvalue weighted by molar-refractivity contribution is -0.195. The number of pyridine rings is 1. The summed E-state index contributed by atoms with van der Waals surface area (Å²) in [6.45, 7) is 0. The zero-order valence-corrected chi connectivity index (χ0v) is 9.57. The van der Waals surface area contributed by atoms with Crippen LogP contribution in [0.15, 0.2) is 52.3 Å². The molecule has 88 valence electrons. The molecule has 0 radical (unpaired) electrons. The van der Waals surface area contributed by atoms with Crippen molar-refractivity contribution in [3.05, 3.63) is 52.9 Å². The standard InChI is InChI=1S/C11H10N2O3S/c12-15-16-17-10-4-1-8(2-5-10)9-3-6-11(14)13-7-9/h1-7H,12H2,(H,13,14). The van der Waals surface area contributed by atoms with E-state index in [4.69, 9.17) is 5.90 Å². The van der Waals surface area contributed by atoms with Gasteiger partial charge in [-0.25, -0.2) is 0 Å². The molecule has 2 rings (SSSR count). The normalized spacial score (nSPS) is 10.4. The molecule has 0 unspecified atom stereocenters. The van der Waals surface area contributed by atoms with Crippen molar-refractivity contribution in [3.63, 3.8) is 0 Å². The van der Waals surface area contributed by atoms with Crippen LogP contribution in [0.3, 0.4) is 0 Å². The minimum Gasteiger partial charge on any atom is -0.328 e. The van der Waals surface area contributed by atoms with E-state index >= 15 is 0 Å². The highest BCUT2D eigenvalue weighted by Gasteiger charge is 1.99. The van der Waals surface area contributed by atoms with Crippen molar-refractivity contribution >= 4 is 12.0 Å². The molecule has 0 saturated carbocycles. The number of hydrogen-bond acceptors (Lipinski definition) is 5. The Bertz CT molecular complexity index is 519. The maximum atomic E-state index is 10.9. The first-order valence-electron chi connectivity index (χ1n) is 4.79. The Kier molecular flexibility index (Phi) is 3.94. The van der Waals surface area contributed by atoms with E-state index in [-0.39, 0.29) is 5.56 Å². The number of benzene rings is 1. The topological polar surface area (TPSA) is 77.3 Å². The Morgan fingerprint density at radius 2 is 1.76 bits per heavy atom. The second-order valence-electron chi connectivity index (χ2n) is 3.21. The maximum Gasteiger partial charge on any atom is 0.247 e. The molecule has 0 aliphatic heterocycles. The summed E-state index contributed by atoms with van der Waals surface area (Å²) in [7, 11) is 0. The SMILES string of the molecule is NOOSc1ccc(-c2ccc(=O)[nH]c2)cc1. The lowest BCUT2D eigenvalue weighted by Gasteiger charge is -2.02. The van der Waals surface area contributed by atoms with E-state index in [0.717, 1.165) is 28.1 Å². The third-order valence-electron chi connectivity index (χ3n) is 2.14. The van der Waals surface area contributed by atoms with Crippen LogP contribution < -0.4 is 11.5 Å². The summed E-state index contributed by atoms with van der Waals surface area (Å²) in [5, 5.41) is 0. The van der Waals surface area contributed by atoms with Gasteiger partial charge in [-0.05, 0) is 29.3 Å². The molecule has 0 amide bonds. The average Bonchev–Trinajstić information content (AvgIpc) is 2.38. The van der Waals surface area contributed by atoms with Gasteiger partial charge in [0.15, 0.2) is 0 Å². The summed E-state index contributed by atoms with van der Waals surface area (Å²) >= 11 is 1.02. The van der Waals surface area contributed by atoms with Gasteiger partial charge in [-0.15, -0.1) is 9.32 Å². The second kappa shape index (κ2) is 5.65. The fourth-order valence-electron chi connectivity index (χ4n) is 1.35. The van der Waals surface area contributed by atoms with Gasteiger partial charge in [-0.2, -0.15) is 5.90 Å². The minimum absolute atomic E-state index is 0.116. The summed E-state index contributed by atoms with van der Waals surface area (Å²) in [6.07, 6.45) is 1.67. The first kappa shape index (κ1) is 11.9. The van der Waals surface area contributed by atoms with E-state index in [1.54, 1.807) is 12.3 Å². The molecule has 17 heavy (non-hydrogen) atoms. The fraction of sp³-hybridized carbons (Fsp3) is 0. The summed E-state index contributed by atoms with van der Waals surface area (Å²) in [4.78, 5) is 18.4. The van der Waals surface area contributed by atoms with Gasteiger partial charge in [0.25, 0.3) is 0 Å². The van der Waals surface area contributed by atoms with Crippen molar-refractivity contribution in [2.24, 2.45) is 5.90 Å². The predicted octanol–water partition coefficient (Wildman–Crippen LogP) is 1.87. The zero-order valence-electron chi connectivity index (χ0n) is 8.75. The van der Waals surface area contributed by atoms with Gasteiger partial charge < -0.3 is 4.98 Å². The second-order valence-corrected chi connectivity index (χ2v) is 3.99. The first-order chi connectivity index (χ1) is 8.29. The van der Waals surface area contributed by atoms with Gasteiger partial charge in [0.2, 0.25) is 5.56 Å². The number of aromatic nitrogens is 1. The quantitative estimate of drug-likeness (QED) is 0.492. The lowest BCUT2D eigenvalue weighted by Crippen LogP contribution is -2.01. The van der Waals surface area contributed by atoms with Gasteiger partial charge >= 0.3 is 0 Å². The lowest BCUT2D eigenvalue weighted by atomic mass is 10.1. The van der Waals surface area contributed by atoms with Crippen LogP contribution in [0.2, 0.25) is 0 Å². The summed E-state index contributed by atoms with van der Waals surface area (Å²) in [6, 6.07) is 10.8. The molecule has 0 fully saturated rings. The van der Waals surface area contributed by atoms with Gasteiger partial charge in [-0.3, -0.25) is 4.79 Å². The molecule has 0 aliphatic carbocycles. The van der Waals surface area contributed by atoms with E-state index in [1.165, 1.54) is 6.07 Å². The molecule has 5 nitrogen and oxygen atoms in total. The van der Waals surface area contributed by atoms with E-state index in [2.05, 4.69) is 14.3 Å². The molecule has 0 aliphatic rings.